The molecule has 0 bridgehead atoms. The van der Waals surface area contributed by atoms with E-state index < -0.39 is 0 Å². The van der Waals surface area contributed by atoms with Crippen LogP contribution in [0.2, 0.25) is 10.0 Å². The molecule has 0 fully saturated rings. The van der Waals surface area contributed by atoms with Gasteiger partial charge >= 0.3 is 0 Å². The maximum atomic E-state index is 13.3. The second kappa shape index (κ2) is 5.24. The van der Waals surface area contributed by atoms with Crippen molar-refractivity contribution in [1.29, 1.82) is 0 Å². The number of nitrogens with two attached hydrogens (primary N) is 1. The predicted molar refractivity (Wildman–Crippen MR) is 77.8 cm³/mol. The van der Waals surface area contributed by atoms with Crippen molar-refractivity contribution in [3.63, 3.8) is 0 Å². The fourth-order valence-corrected chi connectivity index (χ4v) is 2.85. The predicted octanol–water partition coefficient (Wildman–Crippen LogP) is 4.66. The van der Waals surface area contributed by atoms with Gasteiger partial charge in [-0.3, -0.25) is 0 Å². The number of halogens is 3. The van der Waals surface area contributed by atoms with E-state index in [0.29, 0.717) is 27.8 Å². The first-order valence-electron chi connectivity index (χ1n) is 6.21. The molecule has 1 aliphatic heterocycles. The quantitative estimate of drug-likeness (QED) is 0.831. The van der Waals surface area contributed by atoms with E-state index in [9.17, 15) is 4.39 Å². The van der Waals surface area contributed by atoms with Gasteiger partial charge in [-0.25, -0.2) is 4.39 Å². The maximum absolute atomic E-state index is 13.3. The Bertz CT molecular complexity index is 662. The van der Waals surface area contributed by atoms with Crippen molar-refractivity contribution in [3.8, 4) is 5.75 Å². The highest BCUT2D eigenvalue weighted by atomic mass is 35.5. The molecule has 104 valence electrons. The Labute approximate surface area is 126 Å². The molecule has 2 aromatic rings. The standard InChI is InChI=1S/C15H12Cl2FNO/c16-8-1-3-12(17)10(5-8)15-7-13(19)11-6-9(18)2-4-14(11)20-15/h1-6,13,15H,7,19H2/t13-,15?/m1/s1. The summed E-state index contributed by atoms with van der Waals surface area (Å²) in [6.45, 7) is 0. The highest BCUT2D eigenvalue weighted by Gasteiger charge is 2.28. The number of fused-ring (bicyclic) bond motifs is 1. The Hall–Kier alpha value is -1.29. The van der Waals surface area contributed by atoms with Crippen LogP contribution in [0.25, 0.3) is 0 Å². The monoisotopic (exact) mass is 311 g/mol. The Balaban J connectivity index is 1.99. The molecular formula is C15H12Cl2FNO. The van der Waals surface area contributed by atoms with Crippen molar-refractivity contribution in [2.45, 2.75) is 18.6 Å². The van der Waals surface area contributed by atoms with Gasteiger partial charge in [-0.1, -0.05) is 23.2 Å². The summed E-state index contributed by atoms with van der Waals surface area (Å²) in [6.07, 6.45) is 0.241. The van der Waals surface area contributed by atoms with Crippen LogP contribution in [0.3, 0.4) is 0 Å². The fraction of sp³-hybridized carbons (Fsp3) is 0.200. The van der Waals surface area contributed by atoms with Crippen LogP contribution in [0.4, 0.5) is 4.39 Å². The van der Waals surface area contributed by atoms with Crippen LogP contribution in [0.1, 0.15) is 29.7 Å². The highest BCUT2D eigenvalue weighted by molar-refractivity contribution is 6.33. The van der Waals surface area contributed by atoms with E-state index in [1.54, 1.807) is 24.3 Å². The van der Waals surface area contributed by atoms with Crippen LogP contribution < -0.4 is 10.5 Å². The molecule has 0 saturated heterocycles. The van der Waals surface area contributed by atoms with Crippen molar-refractivity contribution in [3.05, 3.63) is 63.4 Å². The van der Waals surface area contributed by atoms with Gasteiger partial charge < -0.3 is 10.5 Å². The van der Waals surface area contributed by atoms with E-state index in [4.69, 9.17) is 33.7 Å². The summed E-state index contributed by atoms with van der Waals surface area (Å²) < 4.78 is 19.1. The lowest BCUT2D eigenvalue weighted by Crippen LogP contribution is -2.24. The number of hydrogen-bond acceptors (Lipinski definition) is 2. The molecule has 0 radical (unpaired) electrons. The normalized spacial score (nSPS) is 21.2. The molecule has 0 spiro atoms. The van der Waals surface area contributed by atoms with E-state index >= 15 is 0 Å². The van der Waals surface area contributed by atoms with Crippen LogP contribution >= 0.6 is 23.2 Å². The first-order chi connectivity index (χ1) is 9.54. The number of hydrogen-bond donors (Lipinski definition) is 1. The van der Waals surface area contributed by atoms with E-state index in [2.05, 4.69) is 0 Å². The van der Waals surface area contributed by atoms with E-state index in [1.807, 2.05) is 0 Å². The summed E-state index contributed by atoms with van der Waals surface area (Å²) in [7, 11) is 0. The zero-order chi connectivity index (χ0) is 14.3. The van der Waals surface area contributed by atoms with Crippen LogP contribution in [0, 0.1) is 5.82 Å². The summed E-state index contributed by atoms with van der Waals surface area (Å²) >= 11 is 12.2. The second-order valence-electron chi connectivity index (χ2n) is 4.80. The Kier molecular flexibility index (Phi) is 3.59. The first-order valence-corrected chi connectivity index (χ1v) is 6.97. The second-order valence-corrected chi connectivity index (χ2v) is 5.64. The molecule has 2 atom stereocenters. The molecule has 0 aliphatic carbocycles. The average Bonchev–Trinajstić information content (AvgIpc) is 2.42. The molecule has 1 unspecified atom stereocenters. The van der Waals surface area contributed by atoms with E-state index in [0.717, 1.165) is 5.56 Å². The zero-order valence-corrected chi connectivity index (χ0v) is 12.0. The highest BCUT2D eigenvalue weighted by Crippen LogP contribution is 2.42. The van der Waals surface area contributed by atoms with Crippen LogP contribution in [-0.4, -0.2) is 0 Å². The lowest BCUT2D eigenvalue weighted by atomic mass is 9.93. The topological polar surface area (TPSA) is 35.2 Å². The third kappa shape index (κ3) is 2.49. The molecule has 20 heavy (non-hydrogen) atoms. The van der Waals surface area contributed by atoms with Gasteiger partial charge in [-0.05, 0) is 36.4 Å². The molecule has 2 N–H and O–H groups in total. The molecular weight excluding hydrogens is 300 g/mol. The van der Waals surface area contributed by atoms with Gasteiger partial charge in [0.05, 0.1) is 0 Å². The van der Waals surface area contributed by atoms with Crippen molar-refractivity contribution in [2.24, 2.45) is 5.73 Å². The van der Waals surface area contributed by atoms with Crippen molar-refractivity contribution >= 4 is 23.2 Å². The van der Waals surface area contributed by atoms with Crippen LogP contribution in [-0.2, 0) is 0 Å². The van der Waals surface area contributed by atoms with Gasteiger partial charge in [0.15, 0.2) is 0 Å². The van der Waals surface area contributed by atoms with Crippen molar-refractivity contribution in [1.82, 2.24) is 0 Å². The largest absolute Gasteiger partial charge is 0.485 e. The molecule has 3 rings (SSSR count). The van der Waals surface area contributed by atoms with Crippen LogP contribution in [0.15, 0.2) is 36.4 Å². The lowest BCUT2D eigenvalue weighted by molar-refractivity contribution is 0.161. The lowest BCUT2D eigenvalue weighted by Gasteiger charge is -2.31. The van der Waals surface area contributed by atoms with Gasteiger partial charge in [0.25, 0.3) is 0 Å². The van der Waals surface area contributed by atoms with Gasteiger partial charge in [-0.2, -0.15) is 0 Å². The van der Waals surface area contributed by atoms with E-state index in [-0.39, 0.29) is 18.0 Å². The SMILES string of the molecule is N[C@@H]1CC(c2cc(Cl)ccc2Cl)Oc2ccc(F)cc21. The zero-order valence-electron chi connectivity index (χ0n) is 10.4. The number of ether oxygens (including phenoxy) is 1. The summed E-state index contributed by atoms with van der Waals surface area (Å²) in [6, 6.07) is 9.29. The molecule has 1 heterocycles. The number of rotatable bonds is 1. The minimum atomic E-state index is -0.318. The minimum Gasteiger partial charge on any atom is -0.485 e. The van der Waals surface area contributed by atoms with E-state index in [1.165, 1.54) is 12.1 Å². The fourth-order valence-electron chi connectivity index (χ4n) is 2.43. The molecule has 0 saturated carbocycles. The average molecular weight is 312 g/mol. The van der Waals surface area contributed by atoms with Crippen molar-refractivity contribution in [2.75, 3.05) is 0 Å². The number of benzene rings is 2. The maximum Gasteiger partial charge on any atom is 0.127 e. The summed E-state index contributed by atoms with van der Waals surface area (Å²) in [4.78, 5) is 0. The molecule has 2 nitrogen and oxygen atoms in total. The smallest absolute Gasteiger partial charge is 0.127 e. The molecule has 0 amide bonds. The van der Waals surface area contributed by atoms with Gasteiger partial charge in [0.1, 0.15) is 17.7 Å². The Morgan fingerprint density at radius 1 is 1.10 bits per heavy atom. The van der Waals surface area contributed by atoms with Crippen LogP contribution in [0.5, 0.6) is 5.75 Å². The summed E-state index contributed by atoms with van der Waals surface area (Å²) in [5, 5.41) is 1.17. The van der Waals surface area contributed by atoms with Gasteiger partial charge in [0, 0.05) is 33.6 Å². The Morgan fingerprint density at radius 3 is 2.70 bits per heavy atom. The first kappa shape index (κ1) is 13.7. The summed E-state index contributed by atoms with van der Waals surface area (Å²) in [5.74, 6) is 0.272. The summed E-state index contributed by atoms with van der Waals surface area (Å²) in [5.41, 5.74) is 7.58. The molecule has 2 aromatic carbocycles. The molecule has 1 aliphatic rings. The third-order valence-electron chi connectivity index (χ3n) is 3.41. The minimum absolute atomic E-state index is 0.283. The third-order valence-corrected chi connectivity index (χ3v) is 3.99. The van der Waals surface area contributed by atoms with Gasteiger partial charge in [0.2, 0.25) is 0 Å². The van der Waals surface area contributed by atoms with Gasteiger partial charge in [-0.15, -0.1) is 0 Å². The molecule has 5 heteroatoms. The van der Waals surface area contributed by atoms with Crippen molar-refractivity contribution < 1.29 is 9.13 Å². The Morgan fingerprint density at radius 2 is 1.90 bits per heavy atom. The molecule has 0 aromatic heterocycles.